The summed E-state index contributed by atoms with van der Waals surface area (Å²) >= 11 is 0. The summed E-state index contributed by atoms with van der Waals surface area (Å²) in [5.74, 6) is 0.757. The number of nitrogens with zero attached hydrogens (tertiary/aromatic N) is 1. The molecule has 0 amide bonds. The highest BCUT2D eigenvalue weighted by Crippen LogP contribution is 2.89. The quantitative estimate of drug-likeness (QED) is 0.138. The van der Waals surface area contributed by atoms with Gasteiger partial charge in [0, 0.05) is 29.9 Å². The Morgan fingerprint density at radius 3 is 2.28 bits per heavy atom. The molecular weight excluding hydrogens is 642 g/mol. The highest BCUT2D eigenvalue weighted by atomic mass is 16.7. The Kier molecular flexibility index (Phi) is 8.10. The lowest BCUT2D eigenvalue weighted by molar-refractivity contribution is -0.384. The Labute approximate surface area is 294 Å². The minimum Gasteiger partial charge on any atom is -0.457 e. The second-order valence-corrected chi connectivity index (χ2v) is 18.4. The normalized spacial score (nSPS) is 44.6. The van der Waals surface area contributed by atoms with Gasteiger partial charge in [0.2, 0.25) is 0 Å². The van der Waals surface area contributed by atoms with Gasteiger partial charge in [-0.3, -0.25) is 14.9 Å². The van der Waals surface area contributed by atoms with E-state index in [1.807, 2.05) is 0 Å². The van der Waals surface area contributed by atoms with Crippen molar-refractivity contribution in [1.29, 1.82) is 0 Å². The molecule has 6 fully saturated rings. The molecule has 4 unspecified atom stereocenters. The van der Waals surface area contributed by atoms with Gasteiger partial charge in [-0.15, -0.1) is 0 Å². The van der Waals surface area contributed by atoms with Gasteiger partial charge in [0.05, 0.1) is 28.8 Å². The van der Waals surface area contributed by atoms with E-state index in [0.29, 0.717) is 18.3 Å². The zero-order valence-electron chi connectivity index (χ0n) is 30.8. The number of benzene rings is 1. The van der Waals surface area contributed by atoms with Gasteiger partial charge < -0.3 is 29.2 Å². The lowest BCUT2D eigenvalue weighted by Gasteiger charge is -2.63. The maximum atomic E-state index is 13.0. The first kappa shape index (κ1) is 35.6. The zero-order valence-corrected chi connectivity index (χ0v) is 30.8. The van der Waals surface area contributed by atoms with Crippen molar-refractivity contribution < 1.29 is 43.7 Å². The van der Waals surface area contributed by atoms with Crippen LogP contribution in [0, 0.1) is 60.9 Å². The van der Waals surface area contributed by atoms with Crippen molar-refractivity contribution in [3.63, 3.8) is 0 Å². The maximum absolute atomic E-state index is 13.0. The fourth-order valence-corrected chi connectivity index (χ4v) is 13.4. The molecule has 11 nitrogen and oxygen atoms in total. The number of carbonyl (C=O) groups is 2. The summed E-state index contributed by atoms with van der Waals surface area (Å²) in [6.45, 7) is 16.0. The average molecular weight is 698 g/mol. The van der Waals surface area contributed by atoms with Crippen LogP contribution >= 0.6 is 0 Å². The van der Waals surface area contributed by atoms with Crippen LogP contribution < -0.4 is 4.74 Å². The third-order valence-corrected chi connectivity index (χ3v) is 15.6. The van der Waals surface area contributed by atoms with Crippen LogP contribution in [0.15, 0.2) is 24.3 Å². The van der Waals surface area contributed by atoms with E-state index >= 15 is 0 Å². The Bertz CT molecular complexity index is 1550. The Balaban J connectivity index is 1.10. The molecule has 5 saturated carbocycles. The summed E-state index contributed by atoms with van der Waals surface area (Å²) in [6.07, 6.45) is 3.95. The molecule has 11 heteroatoms. The molecule has 2 N–H and O–H groups in total. The molecule has 1 aromatic rings. The van der Waals surface area contributed by atoms with Crippen LogP contribution in [-0.2, 0) is 19.0 Å². The topological polar surface area (TPSA) is 155 Å². The summed E-state index contributed by atoms with van der Waals surface area (Å²) in [4.78, 5) is 35.5. The Hall–Kier alpha value is -2.76. The lowest BCUT2D eigenvalue weighted by Crippen LogP contribution is -2.60. The largest absolute Gasteiger partial charge is 0.514 e. The molecule has 6 aliphatic rings. The van der Waals surface area contributed by atoms with Crippen LogP contribution in [-0.4, -0.2) is 63.4 Å². The van der Waals surface area contributed by atoms with Gasteiger partial charge in [-0.25, -0.2) is 4.79 Å². The van der Waals surface area contributed by atoms with E-state index in [1.54, 1.807) is 13.8 Å². The number of esters is 1. The third kappa shape index (κ3) is 4.84. The molecule has 0 aromatic heterocycles. The Morgan fingerprint density at radius 2 is 1.66 bits per heavy atom. The minimum absolute atomic E-state index is 0.0796. The fourth-order valence-electron chi connectivity index (χ4n) is 13.4. The number of non-ortho nitro benzene ring substituents is 1. The first-order valence-corrected chi connectivity index (χ1v) is 18.6. The van der Waals surface area contributed by atoms with Gasteiger partial charge in [-0.2, -0.15) is 0 Å². The molecule has 1 aromatic carbocycles. The van der Waals surface area contributed by atoms with Gasteiger partial charge in [-0.1, -0.05) is 34.6 Å². The van der Waals surface area contributed by atoms with Crippen LogP contribution in [0.4, 0.5) is 10.5 Å². The van der Waals surface area contributed by atoms with Crippen molar-refractivity contribution in [3.05, 3.63) is 34.4 Å². The second kappa shape index (κ2) is 11.4. The molecule has 5 aliphatic carbocycles. The minimum atomic E-state index is -1.30. The first-order valence-electron chi connectivity index (χ1n) is 18.6. The van der Waals surface area contributed by atoms with E-state index in [9.17, 15) is 29.9 Å². The molecule has 50 heavy (non-hydrogen) atoms. The average Bonchev–Trinajstić information content (AvgIpc) is 3.65. The number of fused-ring (bicyclic) bond motifs is 4. The summed E-state index contributed by atoms with van der Waals surface area (Å²) in [6, 6.07) is 5.40. The van der Waals surface area contributed by atoms with Crippen LogP contribution in [0.1, 0.15) is 107 Å². The summed E-state index contributed by atoms with van der Waals surface area (Å²) < 4.78 is 23.9. The molecule has 7 rings (SSSR count). The molecular formula is C39H55NO10. The van der Waals surface area contributed by atoms with Gasteiger partial charge in [0.15, 0.2) is 6.10 Å². The number of hydrogen-bond donors (Lipinski definition) is 2. The predicted octanol–water partition coefficient (Wildman–Crippen LogP) is 6.99. The standard InChI is InChI=1S/C39H55NO10/c1-21-19-25(32(35(5,6)44)47-22(2)41)49-30-29(21)36(7)17-18-39-20-38(39)16-15-28(50-33(43)48-24-11-9-23(10-12-24)40(45)46)34(3,4)26(38)13-14-27(39)37(36,8)31(30)42/h9-12,21,25-32,42,44H,13-20H2,1-8H3/t21-,25?,26+,27+,28+,29?,30?,31+,32+,36-,37-,38-,39?/m1/s1. The molecule has 0 bridgehead atoms. The van der Waals surface area contributed by atoms with Gasteiger partial charge in [0.1, 0.15) is 11.9 Å². The first-order chi connectivity index (χ1) is 23.2. The lowest BCUT2D eigenvalue weighted by atomic mass is 9.41. The van der Waals surface area contributed by atoms with E-state index < -0.39 is 47.1 Å². The van der Waals surface area contributed by atoms with Crippen LogP contribution in [0.3, 0.4) is 0 Å². The highest BCUT2D eigenvalue weighted by molar-refractivity contribution is 5.66. The molecule has 276 valence electrons. The van der Waals surface area contributed by atoms with Crippen molar-refractivity contribution in [3.8, 4) is 5.75 Å². The number of nitro benzene ring substituents is 1. The number of ether oxygens (including phenoxy) is 4. The van der Waals surface area contributed by atoms with Crippen LogP contribution in [0.2, 0.25) is 0 Å². The molecule has 1 heterocycles. The van der Waals surface area contributed by atoms with Crippen molar-refractivity contribution in [2.75, 3.05) is 0 Å². The smallest absolute Gasteiger partial charge is 0.457 e. The fraction of sp³-hybridized carbons (Fsp3) is 0.795. The second-order valence-electron chi connectivity index (χ2n) is 18.4. The third-order valence-electron chi connectivity index (χ3n) is 15.6. The number of aliphatic hydroxyl groups is 2. The van der Waals surface area contributed by atoms with Crippen LogP contribution in [0.5, 0.6) is 5.75 Å². The monoisotopic (exact) mass is 697 g/mol. The molecule has 2 spiro atoms. The van der Waals surface area contributed by atoms with Crippen LogP contribution in [0.25, 0.3) is 0 Å². The molecule has 1 aliphatic heterocycles. The van der Waals surface area contributed by atoms with Gasteiger partial charge in [-0.05, 0) is 117 Å². The maximum Gasteiger partial charge on any atom is 0.514 e. The Morgan fingerprint density at radius 1 is 1.02 bits per heavy atom. The summed E-state index contributed by atoms with van der Waals surface area (Å²) in [7, 11) is 0. The predicted molar refractivity (Wildman–Crippen MR) is 182 cm³/mol. The number of nitro groups is 1. The summed E-state index contributed by atoms with van der Waals surface area (Å²) in [5, 5.41) is 34.5. The van der Waals surface area contributed by atoms with E-state index in [0.717, 1.165) is 44.9 Å². The van der Waals surface area contributed by atoms with Crippen molar-refractivity contribution in [2.24, 2.45) is 50.7 Å². The number of rotatable bonds is 6. The SMILES string of the molecule is CC(=O)O[C@@H](C1C[C@@H](C)C2C(O1)[C@H](O)[C@@]1(C)[C@@H]3CC[C@H]4C(C)(C)[C@@H](OC(=O)Oc5ccc([N+](=O)[O-])cc5)CC[C@@]45CC35CC[C@]21C)C(C)(C)O. The van der Waals surface area contributed by atoms with Gasteiger partial charge >= 0.3 is 12.1 Å². The van der Waals surface area contributed by atoms with E-state index in [-0.39, 0.29) is 56.5 Å². The van der Waals surface area contributed by atoms with Gasteiger partial charge in [0.25, 0.3) is 5.69 Å². The van der Waals surface area contributed by atoms with Crippen molar-refractivity contribution in [1.82, 2.24) is 0 Å². The summed E-state index contributed by atoms with van der Waals surface area (Å²) in [5.41, 5.74) is -1.96. The van der Waals surface area contributed by atoms with Crippen molar-refractivity contribution in [2.45, 2.75) is 143 Å². The molecule has 0 radical (unpaired) electrons. The highest BCUT2D eigenvalue weighted by Gasteiger charge is 2.85. The molecule has 13 atom stereocenters. The molecule has 1 saturated heterocycles. The van der Waals surface area contributed by atoms with E-state index in [1.165, 1.54) is 31.2 Å². The van der Waals surface area contributed by atoms with E-state index in [4.69, 9.17) is 18.9 Å². The van der Waals surface area contributed by atoms with Crippen molar-refractivity contribution >= 4 is 17.8 Å². The number of hydrogen-bond acceptors (Lipinski definition) is 10. The number of carbonyl (C=O) groups excluding carboxylic acids is 2. The van der Waals surface area contributed by atoms with E-state index in [2.05, 4.69) is 34.6 Å². The zero-order chi connectivity index (χ0) is 36.4. The number of aliphatic hydroxyl groups excluding tert-OH is 1.